The topological polar surface area (TPSA) is 74.6 Å². The first-order valence-corrected chi connectivity index (χ1v) is 7.27. The molecule has 0 heterocycles. The third-order valence-electron chi connectivity index (χ3n) is 4.58. The molecule has 1 aliphatic carbocycles. The Bertz CT molecular complexity index is 324. The Morgan fingerprint density at radius 2 is 1.79 bits per heavy atom. The minimum Gasteiger partial charge on any atom is -0.481 e. The fourth-order valence-electron chi connectivity index (χ4n) is 3.54. The Labute approximate surface area is 115 Å². The zero-order valence-electron chi connectivity index (χ0n) is 12.1. The van der Waals surface area contributed by atoms with E-state index in [2.05, 4.69) is 20.8 Å². The SMILES string of the molecule is CC1CCC(C(C)C)C(C(CCC(=O)O)C(=O)O)C1. The van der Waals surface area contributed by atoms with Crippen LogP contribution in [0.4, 0.5) is 0 Å². The molecule has 0 aromatic heterocycles. The molecular formula is C15H26O4. The van der Waals surface area contributed by atoms with Gasteiger partial charge in [-0.3, -0.25) is 9.59 Å². The lowest BCUT2D eigenvalue weighted by Gasteiger charge is -2.40. The van der Waals surface area contributed by atoms with E-state index in [0.29, 0.717) is 17.8 Å². The molecule has 19 heavy (non-hydrogen) atoms. The van der Waals surface area contributed by atoms with Gasteiger partial charge in [-0.2, -0.15) is 0 Å². The molecule has 0 bridgehead atoms. The van der Waals surface area contributed by atoms with Gasteiger partial charge in [0.05, 0.1) is 5.92 Å². The van der Waals surface area contributed by atoms with E-state index >= 15 is 0 Å². The van der Waals surface area contributed by atoms with Crippen molar-refractivity contribution in [2.24, 2.45) is 29.6 Å². The molecule has 0 spiro atoms. The Morgan fingerprint density at radius 1 is 1.16 bits per heavy atom. The maximum Gasteiger partial charge on any atom is 0.306 e. The molecule has 2 N–H and O–H groups in total. The normalized spacial score (nSPS) is 29.2. The van der Waals surface area contributed by atoms with Crippen molar-refractivity contribution < 1.29 is 19.8 Å². The predicted molar refractivity (Wildman–Crippen MR) is 72.8 cm³/mol. The summed E-state index contributed by atoms with van der Waals surface area (Å²) in [5.41, 5.74) is 0. The fourth-order valence-corrected chi connectivity index (χ4v) is 3.54. The molecule has 4 nitrogen and oxygen atoms in total. The molecule has 1 aliphatic rings. The quantitative estimate of drug-likeness (QED) is 0.776. The number of rotatable bonds is 6. The van der Waals surface area contributed by atoms with Crippen molar-refractivity contribution in [3.8, 4) is 0 Å². The van der Waals surface area contributed by atoms with E-state index in [1.54, 1.807) is 0 Å². The van der Waals surface area contributed by atoms with Gasteiger partial charge in [-0.05, 0) is 42.9 Å². The molecule has 0 saturated heterocycles. The molecule has 1 fully saturated rings. The third kappa shape index (κ3) is 4.51. The molecule has 1 saturated carbocycles. The van der Waals surface area contributed by atoms with Gasteiger partial charge in [-0.25, -0.2) is 0 Å². The van der Waals surface area contributed by atoms with Crippen LogP contribution in [0, 0.1) is 29.6 Å². The molecule has 1 rings (SSSR count). The second-order valence-corrected chi connectivity index (χ2v) is 6.37. The molecule has 0 amide bonds. The average molecular weight is 270 g/mol. The highest BCUT2D eigenvalue weighted by Crippen LogP contribution is 2.43. The number of aliphatic carboxylic acids is 2. The molecule has 4 unspecified atom stereocenters. The van der Waals surface area contributed by atoms with Crippen LogP contribution in [0.1, 0.15) is 52.9 Å². The van der Waals surface area contributed by atoms with Crippen LogP contribution in [0.3, 0.4) is 0 Å². The lowest BCUT2D eigenvalue weighted by atomic mass is 9.64. The summed E-state index contributed by atoms with van der Waals surface area (Å²) >= 11 is 0. The number of hydrogen-bond donors (Lipinski definition) is 2. The Balaban J connectivity index is 2.82. The second kappa shape index (κ2) is 6.92. The summed E-state index contributed by atoms with van der Waals surface area (Å²) < 4.78 is 0. The van der Waals surface area contributed by atoms with Gasteiger partial charge in [-0.1, -0.05) is 27.2 Å². The van der Waals surface area contributed by atoms with E-state index in [0.717, 1.165) is 19.3 Å². The average Bonchev–Trinajstić information content (AvgIpc) is 2.27. The van der Waals surface area contributed by atoms with Gasteiger partial charge in [-0.15, -0.1) is 0 Å². The number of hydrogen-bond acceptors (Lipinski definition) is 2. The second-order valence-electron chi connectivity index (χ2n) is 6.37. The Kier molecular flexibility index (Phi) is 5.83. The summed E-state index contributed by atoms with van der Waals surface area (Å²) in [7, 11) is 0. The minimum atomic E-state index is -0.906. The van der Waals surface area contributed by atoms with E-state index in [-0.39, 0.29) is 18.8 Å². The summed E-state index contributed by atoms with van der Waals surface area (Å²) in [5, 5.41) is 18.2. The maximum absolute atomic E-state index is 11.5. The summed E-state index contributed by atoms with van der Waals surface area (Å²) in [6.45, 7) is 6.45. The molecular weight excluding hydrogens is 244 g/mol. The van der Waals surface area contributed by atoms with Crippen molar-refractivity contribution in [3.63, 3.8) is 0 Å². The minimum absolute atomic E-state index is 0.0489. The van der Waals surface area contributed by atoms with Crippen LogP contribution in [0.15, 0.2) is 0 Å². The highest BCUT2D eigenvalue weighted by molar-refractivity contribution is 5.72. The van der Waals surface area contributed by atoms with E-state index in [1.165, 1.54) is 0 Å². The zero-order valence-corrected chi connectivity index (χ0v) is 12.1. The number of carboxylic acid groups (broad SMARTS) is 2. The zero-order chi connectivity index (χ0) is 14.6. The molecule has 4 atom stereocenters. The van der Waals surface area contributed by atoms with Gasteiger partial charge < -0.3 is 10.2 Å². The van der Waals surface area contributed by atoms with Gasteiger partial charge in [0.25, 0.3) is 0 Å². The summed E-state index contributed by atoms with van der Waals surface area (Å²) in [6, 6.07) is 0. The molecule has 0 aromatic carbocycles. The molecule has 110 valence electrons. The van der Waals surface area contributed by atoms with E-state index in [4.69, 9.17) is 5.11 Å². The number of carboxylic acids is 2. The van der Waals surface area contributed by atoms with Crippen molar-refractivity contribution in [2.45, 2.75) is 52.9 Å². The van der Waals surface area contributed by atoms with Crippen molar-refractivity contribution in [1.82, 2.24) is 0 Å². The Hall–Kier alpha value is -1.06. The van der Waals surface area contributed by atoms with E-state index in [1.807, 2.05) is 0 Å². The predicted octanol–water partition coefficient (Wildman–Crippen LogP) is 3.26. The number of carbonyl (C=O) groups is 2. The first-order valence-electron chi connectivity index (χ1n) is 7.27. The molecule has 4 heteroatoms. The van der Waals surface area contributed by atoms with Crippen molar-refractivity contribution in [1.29, 1.82) is 0 Å². The molecule has 0 aromatic rings. The van der Waals surface area contributed by atoms with Crippen LogP contribution in [0.5, 0.6) is 0 Å². The smallest absolute Gasteiger partial charge is 0.306 e. The largest absolute Gasteiger partial charge is 0.481 e. The summed E-state index contributed by atoms with van der Waals surface area (Å²) in [4.78, 5) is 22.2. The summed E-state index contributed by atoms with van der Waals surface area (Å²) in [6.07, 6.45) is 3.35. The Morgan fingerprint density at radius 3 is 2.26 bits per heavy atom. The molecule has 0 radical (unpaired) electrons. The summed E-state index contributed by atoms with van der Waals surface area (Å²) in [5.74, 6) is -0.698. The lowest BCUT2D eigenvalue weighted by Crippen LogP contribution is -2.36. The van der Waals surface area contributed by atoms with Crippen LogP contribution in [0.2, 0.25) is 0 Å². The van der Waals surface area contributed by atoms with E-state index in [9.17, 15) is 14.7 Å². The first-order chi connectivity index (χ1) is 8.82. The van der Waals surface area contributed by atoms with Gasteiger partial charge in [0.1, 0.15) is 0 Å². The van der Waals surface area contributed by atoms with Gasteiger partial charge in [0.2, 0.25) is 0 Å². The highest BCUT2D eigenvalue weighted by Gasteiger charge is 2.39. The van der Waals surface area contributed by atoms with Crippen molar-refractivity contribution in [2.75, 3.05) is 0 Å². The van der Waals surface area contributed by atoms with Crippen molar-refractivity contribution in [3.05, 3.63) is 0 Å². The van der Waals surface area contributed by atoms with Crippen LogP contribution >= 0.6 is 0 Å². The van der Waals surface area contributed by atoms with E-state index < -0.39 is 17.9 Å². The van der Waals surface area contributed by atoms with Crippen LogP contribution in [0.25, 0.3) is 0 Å². The van der Waals surface area contributed by atoms with Gasteiger partial charge in [0, 0.05) is 6.42 Å². The van der Waals surface area contributed by atoms with Gasteiger partial charge in [0.15, 0.2) is 0 Å². The highest BCUT2D eigenvalue weighted by atomic mass is 16.4. The lowest BCUT2D eigenvalue weighted by molar-refractivity contribution is -0.147. The van der Waals surface area contributed by atoms with Crippen LogP contribution < -0.4 is 0 Å². The molecule has 0 aliphatic heterocycles. The first kappa shape index (κ1) is 16.0. The van der Waals surface area contributed by atoms with Crippen LogP contribution in [-0.2, 0) is 9.59 Å². The maximum atomic E-state index is 11.5. The fraction of sp³-hybridized carbons (Fsp3) is 0.867. The third-order valence-corrected chi connectivity index (χ3v) is 4.58. The monoisotopic (exact) mass is 270 g/mol. The standard InChI is InChI=1S/C15H26O4/c1-9(2)11-5-4-10(3)8-13(11)12(15(18)19)6-7-14(16)17/h9-13H,4-8H2,1-3H3,(H,16,17)(H,18,19). The van der Waals surface area contributed by atoms with Gasteiger partial charge >= 0.3 is 11.9 Å². The van der Waals surface area contributed by atoms with Crippen LogP contribution in [-0.4, -0.2) is 22.2 Å². The van der Waals surface area contributed by atoms with Crippen molar-refractivity contribution >= 4 is 11.9 Å².